The fourth-order valence-electron chi connectivity index (χ4n) is 2.47. The second-order valence-electron chi connectivity index (χ2n) is 5.15. The number of pyridine rings is 1. The zero-order valence-corrected chi connectivity index (χ0v) is 13.2. The first-order chi connectivity index (χ1) is 10.6. The van der Waals surface area contributed by atoms with Gasteiger partial charge in [-0.3, -0.25) is 4.98 Å². The van der Waals surface area contributed by atoms with E-state index < -0.39 is 0 Å². The van der Waals surface area contributed by atoms with Crippen molar-refractivity contribution in [1.29, 1.82) is 0 Å². The van der Waals surface area contributed by atoms with Gasteiger partial charge in [-0.2, -0.15) is 0 Å². The third-order valence-electron chi connectivity index (χ3n) is 3.59. The first-order valence-corrected chi connectivity index (χ1v) is 7.54. The van der Waals surface area contributed by atoms with Crippen LogP contribution in [-0.4, -0.2) is 26.7 Å². The van der Waals surface area contributed by atoms with Crippen LogP contribution in [0.3, 0.4) is 0 Å². The molecule has 0 aliphatic rings. The molecule has 0 aliphatic carbocycles. The summed E-state index contributed by atoms with van der Waals surface area (Å²) in [5.74, 6) is 1.36. The highest BCUT2D eigenvalue weighted by molar-refractivity contribution is 6.17. The Morgan fingerprint density at radius 2 is 2.05 bits per heavy atom. The van der Waals surface area contributed by atoms with Gasteiger partial charge in [0.2, 0.25) is 5.95 Å². The van der Waals surface area contributed by atoms with Gasteiger partial charge in [0.25, 0.3) is 0 Å². The van der Waals surface area contributed by atoms with Gasteiger partial charge in [0, 0.05) is 18.6 Å². The van der Waals surface area contributed by atoms with Crippen molar-refractivity contribution in [1.82, 2.24) is 14.5 Å². The smallest absolute Gasteiger partial charge is 0.203 e. The maximum absolute atomic E-state index is 10.0. The zero-order valence-electron chi connectivity index (χ0n) is 12.5. The molecule has 0 saturated heterocycles. The largest absolute Gasteiger partial charge is 0.506 e. The van der Waals surface area contributed by atoms with E-state index in [4.69, 9.17) is 11.6 Å². The number of aromatic hydroxyl groups is 1. The van der Waals surface area contributed by atoms with Crippen LogP contribution in [0.2, 0.25) is 0 Å². The van der Waals surface area contributed by atoms with Crippen molar-refractivity contribution in [2.45, 2.75) is 19.3 Å². The highest BCUT2D eigenvalue weighted by Gasteiger charge is 2.13. The molecule has 22 heavy (non-hydrogen) atoms. The van der Waals surface area contributed by atoms with Crippen LogP contribution in [0.15, 0.2) is 30.3 Å². The predicted molar refractivity (Wildman–Crippen MR) is 88.6 cm³/mol. The predicted octanol–water partition coefficient (Wildman–Crippen LogP) is 3.27. The Morgan fingerprint density at radius 3 is 2.77 bits per heavy atom. The van der Waals surface area contributed by atoms with E-state index >= 15 is 0 Å². The number of rotatable bonds is 4. The summed E-state index contributed by atoms with van der Waals surface area (Å²) in [5, 5.41) is 13.1. The second-order valence-corrected chi connectivity index (χ2v) is 5.41. The van der Waals surface area contributed by atoms with Crippen LogP contribution in [0.5, 0.6) is 5.75 Å². The molecule has 0 fully saturated rings. The average Bonchev–Trinajstić information content (AvgIpc) is 2.88. The molecule has 0 aliphatic heterocycles. The molecule has 0 amide bonds. The van der Waals surface area contributed by atoms with Crippen LogP contribution >= 0.6 is 11.6 Å². The summed E-state index contributed by atoms with van der Waals surface area (Å²) in [6.07, 6.45) is 0. The summed E-state index contributed by atoms with van der Waals surface area (Å²) in [6.45, 7) is 2.34. The Balaban J connectivity index is 2.13. The lowest BCUT2D eigenvalue weighted by Gasteiger charge is -2.10. The molecule has 2 aromatic heterocycles. The molecule has 2 heterocycles. The summed E-state index contributed by atoms with van der Waals surface area (Å²) in [7, 11) is 1.82. The molecule has 0 spiro atoms. The monoisotopic (exact) mass is 316 g/mol. The van der Waals surface area contributed by atoms with E-state index in [0.717, 1.165) is 28.2 Å². The third kappa shape index (κ3) is 2.60. The molecule has 0 bridgehead atoms. The minimum absolute atomic E-state index is 0.183. The molecule has 1 aromatic carbocycles. The Morgan fingerprint density at radius 1 is 1.23 bits per heavy atom. The van der Waals surface area contributed by atoms with Crippen molar-refractivity contribution in [3.05, 3.63) is 47.3 Å². The molecule has 0 saturated carbocycles. The Bertz CT molecular complexity index is 828. The molecular weight excluding hydrogens is 300 g/mol. The van der Waals surface area contributed by atoms with Crippen molar-refractivity contribution < 1.29 is 5.11 Å². The van der Waals surface area contributed by atoms with Crippen molar-refractivity contribution in [2.24, 2.45) is 0 Å². The molecule has 114 valence electrons. The number of halogens is 1. The fraction of sp³-hybridized carbons (Fsp3) is 0.250. The lowest BCUT2D eigenvalue weighted by atomic mass is 10.2. The van der Waals surface area contributed by atoms with Gasteiger partial charge in [-0.05, 0) is 36.8 Å². The van der Waals surface area contributed by atoms with Crippen molar-refractivity contribution in [3.8, 4) is 5.75 Å². The van der Waals surface area contributed by atoms with Crippen LogP contribution in [0, 0.1) is 6.92 Å². The fourth-order valence-corrected chi connectivity index (χ4v) is 2.64. The SMILES string of the molecule is CNc1nc2ccc(CCl)cc2n1Cc1nc(C)ccc1O. The van der Waals surface area contributed by atoms with Crippen LogP contribution < -0.4 is 5.32 Å². The maximum atomic E-state index is 10.0. The van der Waals surface area contributed by atoms with Gasteiger partial charge in [-0.25, -0.2) is 4.98 Å². The molecule has 3 rings (SSSR count). The number of nitrogens with one attached hydrogen (secondary N) is 1. The van der Waals surface area contributed by atoms with E-state index in [1.165, 1.54) is 0 Å². The van der Waals surface area contributed by atoms with E-state index in [2.05, 4.69) is 15.3 Å². The second kappa shape index (κ2) is 5.85. The number of nitrogens with zero attached hydrogens (tertiary/aromatic N) is 3. The number of imidazole rings is 1. The molecule has 0 atom stereocenters. The molecule has 0 unspecified atom stereocenters. The number of aryl methyl sites for hydroxylation is 1. The minimum atomic E-state index is 0.183. The van der Waals surface area contributed by atoms with Crippen molar-refractivity contribution in [3.63, 3.8) is 0 Å². The van der Waals surface area contributed by atoms with Crippen molar-refractivity contribution in [2.75, 3.05) is 12.4 Å². The van der Waals surface area contributed by atoms with E-state index in [1.807, 2.05) is 36.7 Å². The molecule has 3 aromatic rings. The minimum Gasteiger partial charge on any atom is -0.506 e. The van der Waals surface area contributed by atoms with E-state index in [1.54, 1.807) is 12.1 Å². The van der Waals surface area contributed by atoms with E-state index in [0.29, 0.717) is 18.1 Å². The number of alkyl halides is 1. The summed E-state index contributed by atoms with van der Waals surface area (Å²) in [6, 6.07) is 9.39. The van der Waals surface area contributed by atoms with E-state index in [-0.39, 0.29) is 5.75 Å². The van der Waals surface area contributed by atoms with Gasteiger partial charge in [0.1, 0.15) is 11.4 Å². The van der Waals surface area contributed by atoms with Gasteiger partial charge in [-0.15, -0.1) is 11.6 Å². The topological polar surface area (TPSA) is 63.0 Å². The lowest BCUT2D eigenvalue weighted by molar-refractivity contribution is 0.461. The van der Waals surface area contributed by atoms with Gasteiger partial charge in [0.05, 0.1) is 17.6 Å². The average molecular weight is 317 g/mol. The standard InChI is InChI=1S/C16H17ClN4O/c1-10-3-6-15(22)13(19-10)9-21-14-7-11(8-17)4-5-12(14)20-16(21)18-2/h3-7,22H,8-9H2,1-2H3,(H,18,20). The lowest BCUT2D eigenvalue weighted by Crippen LogP contribution is -2.07. The summed E-state index contributed by atoms with van der Waals surface area (Å²) in [5.41, 5.74) is 4.35. The quantitative estimate of drug-likeness (QED) is 0.725. The Kier molecular flexibility index (Phi) is 3.90. The first-order valence-electron chi connectivity index (χ1n) is 7.00. The van der Waals surface area contributed by atoms with Gasteiger partial charge < -0.3 is 15.0 Å². The number of hydrogen-bond donors (Lipinski definition) is 2. The summed E-state index contributed by atoms with van der Waals surface area (Å²) < 4.78 is 1.99. The number of aromatic nitrogens is 3. The van der Waals surface area contributed by atoms with Gasteiger partial charge in [0.15, 0.2) is 0 Å². The number of anilines is 1. The van der Waals surface area contributed by atoms with Crippen molar-refractivity contribution >= 4 is 28.6 Å². The number of benzene rings is 1. The van der Waals surface area contributed by atoms with E-state index in [9.17, 15) is 5.11 Å². The molecule has 5 nitrogen and oxygen atoms in total. The Hall–Kier alpha value is -2.27. The summed E-state index contributed by atoms with van der Waals surface area (Å²) >= 11 is 5.93. The third-order valence-corrected chi connectivity index (χ3v) is 3.90. The Labute approximate surface area is 133 Å². The zero-order chi connectivity index (χ0) is 15.7. The van der Waals surface area contributed by atoms with Crippen LogP contribution in [0.25, 0.3) is 11.0 Å². The molecule has 2 N–H and O–H groups in total. The van der Waals surface area contributed by atoms with Crippen LogP contribution in [0.1, 0.15) is 17.0 Å². The summed E-state index contributed by atoms with van der Waals surface area (Å²) in [4.78, 5) is 8.97. The van der Waals surface area contributed by atoms with Crippen LogP contribution in [-0.2, 0) is 12.4 Å². The highest BCUT2D eigenvalue weighted by Crippen LogP contribution is 2.25. The maximum Gasteiger partial charge on any atom is 0.203 e. The van der Waals surface area contributed by atoms with Crippen LogP contribution in [0.4, 0.5) is 5.95 Å². The molecule has 6 heteroatoms. The first kappa shape index (κ1) is 14.7. The molecule has 0 radical (unpaired) electrons. The number of fused-ring (bicyclic) bond motifs is 1. The number of hydrogen-bond acceptors (Lipinski definition) is 4. The van der Waals surface area contributed by atoms with Gasteiger partial charge in [-0.1, -0.05) is 6.07 Å². The normalized spacial score (nSPS) is 11.0. The molecular formula is C16H17ClN4O. The highest BCUT2D eigenvalue weighted by atomic mass is 35.5. The van der Waals surface area contributed by atoms with Gasteiger partial charge >= 0.3 is 0 Å².